The summed E-state index contributed by atoms with van der Waals surface area (Å²) in [7, 11) is 0. The number of anilines is 1. The van der Waals surface area contributed by atoms with E-state index in [1.54, 1.807) is 25.1 Å². The maximum absolute atomic E-state index is 12.5. The van der Waals surface area contributed by atoms with Crippen LogP contribution in [0.1, 0.15) is 27.2 Å². The molecule has 0 fully saturated rings. The van der Waals surface area contributed by atoms with E-state index >= 15 is 0 Å². The molecule has 0 aliphatic carbocycles. The average Bonchev–Trinajstić information content (AvgIpc) is 3.16. The third kappa shape index (κ3) is 5.36. The van der Waals surface area contributed by atoms with Crippen LogP contribution in [0.3, 0.4) is 0 Å². The predicted octanol–water partition coefficient (Wildman–Crippen LogP) is 3.18. The van der Waals surface area contributed by atoms with Crippen LogP contribution in [-0.2, 0) is 14.3 Å². The normalized spacial score (nSPS) is 10.4. The second-order valence-electron chi connectivity index (χ2n) is 6.98. The Balaban J connectivity index is 1.52. The van der Waals surface area contributed by atoms with Crippen LogP contribution in [0.4, 0.5) is 5.69 Å². The number of esters is 1. The molecule has 0 saturated heterocycles. The predicted molar refractivity (Wildman–Crippen MR) is 115 cm³/mol. The summed E-state index contributed by atoms with van der Waals surface area (Å²) in [4.78, 5) is 36.6. The molecule has 3 rings (SSSR count). The van der Waals surface area contributed by atoms with Crippen molar-refractivity contribution in [1.29, 1.82) is 0 Å². The lowest BCUT2D eigenvalue weighted by molar-refractivity contribution is -0.126. The van der Waals surface area contributed by atoms with Gasteiger partial charge in [0.05, 0.1) is 6.54 Å². The summed E-state index contributed by atoms with van der Waals surface area (Å²) in [5.41, 5.74) is 3.88. The van der Waals surface area contributed by atoms with Gasteiger partial charge in [0.25, 0.3) is 5.91 Å². The number of carbonyl (C=O) groups is 3. The Bertz CT molecular complexity index is 1110. The van der Waals surface area contributed by atoms with Crippen molar-refractivity contribution in [2.75, 3.05) is 18.5 Å². The SMILES string of the molecule is Cc1cccc(NC(=O)CNC(=O)COC(=O)c2c(-c3ccccc3)noc2C)c1C. The van der Waals surface area contributed by atoms with Crippen molar-refractivity contribution in [3.8, 4) is 11.3 Å². The third-order valence-electron chi connectivity index (χ3n) is 4.77. The first-order valence-electron chi connectivity index (χ1n) is 9.68. The zero-order valence-corrected chi connectivity index (χ0v) is 17.5. The van der Waals surface area contributed by atoms with Crippen LogP contribution in [-0.4, -0.2) is 36.1 Å². The van der Waals surface area contributed by atoms with E-state index in [9.17, 15) is 14.4 Å². The van der Waals surface area contributed by atoms with Gasteiger partial charge >= 0.3 is 5.97 Å². The summed E-state index contributed by atoms with van der Waals surface area (Å²) in [5.74, 6) is -1.42. The molecule has 8 nitrogen and oxygen atoms in total. The number of carbonyl (C=O) groups excluding carboxylic acids is 3. The molecule has 0 radical (unpaired) electrons. The Labute approximate surface area is 179 Å². The molecule has 0 bridgehead atoms. The average molecular weight is 421 g/mol. The Morgan fingerprint density at radius 3 is 2.45 bits per heavy atom. The van der Waals surface area contributed by atoms with Crippen LogP contribution in [0.2, 0.25) is 0 Å². The Morgan fingerprint density at radius 2 is 1.71 bits per heavy atom. The Hall–Kier alpha value is -3.94. The maximum Gasteiger partial charge on any atom is 0.344 e. The minimum atomic E-state index is -0.729. The first kappa shape index (κ1) is 21.8. The lowest BCUT2D eigenvalue weighted by atomic mass is 10.1. The van der Waals surface area contributed by atoms with E-state index in [-0.39, 0.29) is 23.8 Å². The first-order valence-corrected chi connectivity index (χ1v) is 9.68. The first-order chi connectivity index (χ1) is 14.9. The molecular formula is C23H23N3O5. The zero-order valence-electron chi connectivity index (χ0n) is 17.5. The quantitative estimate of drug-likeness (QED) is 0.567. The number of rotatable bonds is 7. The fourth-order valence-corrected chi connectivity index (χ4v) is 2.92. The summed E-state index contributed by atoms with van der Waals surface area (Å²) < 4.78 is 10.2. The standard InChI is InChI=1S/C23H23N3O5/c1-14-8-7-11-18(15(14)2)25-19(27)12-24-20(28)13-30-23(29)21-16(3)31-26-22(21)17-9-5-4-6-10-17/h4-11H,12-13H2,1-3H3,(H,24,28)(H,25,27). The molecule has 0 aliphatic heterocycles. The highest BCUT2D eigenvalue weighted by atomic mass is 16.5. The molecule has 2 N–H and O–H groups in total. The van der Waals surface area contributed by atoms with E-state index in [1.165, 1.54) is 0 Å². The summed E-state index contributed by atoms with van der Waals surface area (Å²) in [6.45, 7) is 4.66. The van der Waals surface area contributed by atoms with Gasteiger partial charge in [0.2, 0.25) is 5.91 Å². The topological polar surface area (TPSA) is 111 Å². The second kappa shape index (κ2) is 9.71. The molecule has 0 unspecified atom stereocenters. The number of aromatic nitrogens is 1. The van der Waals surface area contributed by atoms with E-state index in [0.717, 1.165) is 11.1 Å². The highest BCUT2D eigenvalue weighted by Gasteiger charge is 2.23. The molecule has 1 aromatic heterocycles. The molecule has 8 heteroatoms. The van der Waals surface area contributed by atoms with Crippen LogP contribution >= 0.6 is 0 Å². The molecule has 2 amide bonds. The number of hydrogen-bond acceptors (Lipinski definition) is 6. The lowest BCUT2D eigenvalue weighted by Crippen LogP contribution is -2.35. The molecule has 160 valence electrons. The molecule has 0 atom stereocenters. The van der Waals surface area contributed by atoms with Gasteiger partial charge in [-0.2, -0.15) is 0 Å². The number of aryl methyl sites for hydroxylation is 2. The number of ether oxygens (including phenoxy) is 1. The van der Waals surface area contributed by atoms with Crippen LogP contribution < -0.4 is 10.6 Å². The number of benzene rings is 2. The van der Waals surface area contributed by atoms with Crippen molar-refractivity contribution < 1.29 is 23.6 Å². The van der Waals surface area contributed by atoms with Gasteiger partial charge in [-0.1, -0.05) is 47.6 Å². The van der Waals surface area contributed by atoms with Crippen molar-refractivity contribution in [3.63, 3.8) is 0 Å². The van der Waals surface area contributed by atoms with Gasteiger partial charge in [-0.25, -0.2) is 4.79 Å². The van der Waals surface area contributed by atoms with Crippen LogP contribution in [0, 0.1) is 20.8 Å². The van der Waals surface area contributed by atoms with Crippen molar-refractivity contribution in [2.24, 2.45) is 0 Å². The van der Waals surface area contributed by atoms with E-state index in [4.69, 9.17) is 9.26 Å². The van der Waals surface area contributed by atoms with Gasteiger partial charge in [0.15, 0.2) is 6.61 Å². The smallest absolute Gasteiger partial charge is 0.344 e. The highest BCUT2D eigenvalue weighted by Crippen LogP contribution is 2.25. The number of hydrogen-bond donors (Lipinski definition) is 2. The van der Waals surface area contributed by atoms with Gasteiger partial charge in [0, 0.05) is 11.3 Å². The van der Waals surface area contributed by atoms with E-state index in [1.807, 2.05) is 44.2 Å². The molecule has 0 spiro atoms. The maximum atomic E-state index is 12.5. The van der Waals surface area contributed by atoms with Gasteiger partial charge in [-0.15, -0.1) is 0 Å². The molecular weight excluding hydrogens is 398 g/mol. The minimum Gasteiger partial charge on any atom is -0.452 e. The van der Waals surface area contributed by atoms with Gasteiger partial charge in [0.1, 0.15) is 17.0 Å². The number of nitrogens with zero attached hydrogens (tertiary/aromatic N) is 1. The van der Waals surface area contributed by atoms with E-state index in [0.29, 0.717) is 16.9 Å². The minimum absolute atomic E-state index is 0.159. The highest BCUT2D eigenvalue weighted by molar-refractivity contribution is 5.99. The van der Waals surface area contributed by atoms with Crippen molar-refractivity contribution >= 4 is 23.5 Å². The molecule has 1 heterocycles. The van der Waals surface area contributed by atoms with Gasteiger partial charge in [-0.05, 0) is 38.0 Å². The summed E-state index contributed by atoms with van der Waals surface area (Å²) in [6, 6.07) is 14.6. The second-order valence-corrected chi connectivity index (χ2v) is 6.98. The number of nitrogens with one attached hydrogen (secondary N) is 2. The lowest BCUT2D eigenvalue weighted by Gasteiger charge is -2.11. The molecule has 3 aromatic rings. The summed E-state index contributed by atoms with van der Waals surface area (Å²) in [6.07, 6.45) is 0. The molecule has 2 aromatic carbocycles. The Kier molecular flexibility index (Phi) is 6.81. The van der Waals surface area contributed by atoms with Crippen molar-refractivity contribution in [1.82, 2.24) is 10.5 Å². The summed E-state index contributed by atoms with van der Waals surface area (Å²) >= 11 is 0. The fraction of sp³-hybridized carbons (Fsp3) is 0.217. The largest absolute Gasteiger partial charge is 0.452 e. The van der Waals surface area contributed by atoms with Gasteiger partial charge in [-0.3, -0.25) is 9.59 Å². The molecule has 0 aliphatic rings. The van der Waals surface area contributed by atoms with Crippen LogP contribution in [0.15, 0.2) is 53.1 Å². The van der Waals surface area contributed by atoms with E-state index in [2.05, 4.69) is 15.8 Å². The zero-order chi connectivity index (χ0) is 22.4. The monoisotopic (exact) mass is 421 g/mol. The molecule has 31 heavy (non-hydrogen) atoms. The molecule has 0 saturated carbocycles. The van der Waals surface area contributed by atoms with E-state index < -0.39 is 18.5 Å². The van der Waals surface area contributed by atoms with Crippen LogP contribution in [0.25, 0.3) is 11.3 Å². The Morgan fingerprint density at radius 1 is 0.968 bits per heavy atom. The summed E-state index contributed by atoms with van der Waals surface area (Å²) in [5, 5.41) is 9.09. The fourth-order valence-electron chi connectivity index (χ4n) is 2.92. The van der Waals surface area contributed by atoms with Crippen molar-refractivity contribution in [3.05, 3.63) is 71.0 Å². The number of amides is 2. The van der Waals surface area contributed by atoms with Gasteiger partial charge < -0.3 is 19.9 Å². The third-order valence-corrected chi connectivity index (χ3v) is 4.77. The van der Waals surface area contributed by atoms with Crippen molar-refractivity contribution in [2.45, 2.75) is 20.8 Å². The van der Waals surface area contributed by atoms with Crippen LogP contribution in [0.5, 0.6) is 0 Å².